The van der Waals surface area contributed by atoms with E-state index >= 15 is 0 Å². The first-order valence-corrected chi connectivity index (χ1v) is 8.55. The van der Waals surface area contributed by atoms with Crippen molar-refractivity contribution < 1.29 is 22.9 Å². The van der Waals surface area contributed by atoms with Gasteiger partial charge in [0.1, 0.15) is 6.04 Å². The summed E-state index contributed by atoms with van der Waals surface area (Å²) >= 11 is 0. The molecule has 0 bridgehead atoms. The van der Waals surface area contributed by atoms with Crippen molar-refractivity contribution in [2.24, 2.45) is 5.92 Å². The van der Waals surface area contributed by atoms with E-state index in [0.29, 0.717) is 0 Å². The van der Waals surface area contributed by atoms with Crippen molar-refractivity contribution in [3.63, 3.8) is 0 Å². The van der Waals surface area contributed by atoms with Gasteiger partial charge in [-0.3, -0.25) is 14.9 Å². The molecule has 1 unspecified atom stereocenters. The summed E-state index contributed by atoms with van der Waals surface area (Å²) in [7, 11) is -2.88. The summed E-state index contributed by atoms with van der Waals surface area (Å²) in [6, 6.07) is 3.44. The summed E-state index contributed by atoms with van der Waals surface area (Å²) in [4.78, 5) is 22.0. The molecule has 0 heterocycles. The number of hydrogen-bond donors (Lipinski definition) is 0. The van der Waals surface area contributed by atoms with Gasteiger partial charge in [-0.1, -0.05) is 19.9 Å². The van der Waals surface area contributed by atoms with Crippen molar-refractivity contribution in [2.45, 2.75) is 24.8 Å². The van der Waals surface area contributed by atoms with Crippen LogP contribution in [0.4, 0.5) is 5.69 Å². The van der Waals surface area contributed by atoms with E-state index in [1.54, 1.807) is 13.8 Å². The minimum absolute atomic E-state index is 0.0999. The largest absolute Gasteiger partial charge is 0.468 e. The lowest BCUT2D eigenvalue weighted by molar-refractivity contribution is -0.384. The second-order valence-corrected chi connectivity index (χ2v) is 7.22. The van der Waals surface area contributed by atoms with Crippen LogP contribution in [0.2, 0.25) is 0 Å². The van der Waals surface area contributed by atoms with Gasteiger partial charge in [-0.15, -0.1) is 6.58 Å². The molecule has 0 saturated heterocycles. The molecular weight excluding hydrogens is 336 g/mol. The molecule has 132 valence electrons. The van der Waals surface area contributed by atoms with Gasteiger partial charge in [0, 0.05) is 18.7 Å². The number of ether oxygens (including phenoxy) is 1. The minimum Gasteiger partial charge on any atom is -0.468 e. The SMILES string of the molecule is C=CCN(C(C(=O)OC)C(C)C)S(=O)(=O)c1ccc([N+](=O)[O-])cc1. The zero-order valence-corrected chi connectivity index (χ0v) is 14.5. The van der Waals surface area contributed by atoms with E-state index in [4.69, 9.17) is 4.74 Å². The number of non-ortho nitro benzene ring substituents is 1. The Labute approximate surface area is 140 Å². The number of nitro groups is 1. The Morgan fingerprint density at radius 1 is 1.38 bits per heavy atom. The molecule has 0 amide bonds. The number of esters is 1. The molecule has 0 spiro atoms. The molecule has 0 aliphatic carbocycles. The predicted molar refractivity (Wildman–Crippen MR) is 87.8 cm³/mol. The van der Waals surface area contributed by atoms with Crippen LogP contribution >= 0.6 is 0 Å². The predicted octanol–water partition coefficient (Wildman–Crippen LogP) is 1.97. The van der Waals surface area contributed by atoms with E-state index in [2.05, 4.69) is 6.58 Å². The highest BCUT2D eigenvalue weighted by Crippen LogP contribution is 2.24. The van der Waals surface area contributed by atoms with Crippen molar-refractivity contribution in [3.05, 3.63) is 47.0 Å². The Morgan fingerprint density at radius 2 is 1.92 bits per heavy atom. The molecule has 0 fully saturated rings. The molecule has 24 heavy (non-hydrogen) atoms. The van der Waals surface area contributed by atoms with Gasteiger partial charge in [-0.2, -0.15) is 4.31 Å². The number of methoxy groups -OCH3 is 1. The maximum atomic E-state index is 12.9. The van der Waals surface area contributed by atoms with Crippen LogP contribution in [-0.2, 0) is 19.6 Å². The zero-order valence-electron chi connectivity index (χ0n) is 13.7. The number of hydrogen-bond acceptors (Lipinski definition) is 6. The Morgan fingerprint density at radius 3 is 2.29 bits per heavy atom. The van der Waals surface area contributed by atoms with E-state index in [-0.39, 0.29) is 23.0 Å². The van der Waals surface area contributed by atoms with E-state index in [0.717, 1.165) is 28.6 Å². The molecular formula is C15H20N2O6S. The zero-order chi connectivity index (χ0) is 18.5. The minimum atomic E-state index is -4.07. The highest BCUT2D eigenvalue weighted by molar-refractivity contribution is 7.89. The van der Waals surface area contributed by atoms with Crippen molar-refractivity contribution >= 4 is 21.7 Å². The third-order valence-electron chi connectivity index (χ3n) is 3.35. The molecule has 0 saturated carbocycles. The highest BCUT2D eigenvalue weighted by Gasteiger charge is 2.38. The van der Waals surface area contributed by atoms with E-state index in [9.17, 15) is 23.3 Å². The van der Waals surface area contributed by atoms with Gasteiger partial charge >= 0.3 is 5.97 Å². The Balaban J connectivity index is 3.37. The molecule has 0 aliphatic heterocycles. The summed E-state index contributed by atoms with van der Waals surface area (Å²) in [6.07, 6.45) is 1.36. The van der Waals surface area contributed by atoms with E-state index in [1.165, 1.54) is 13.2 Å². The molecule has 0 aromatic heterocycles. The summed E-state index contributed by atoms with van der Waals surface area (Å²) in [6.45, 7) is 6.82. The summed E-state index contributed by atoms with van der Waals surface area (Å²) < 4.78 is 31.4. The number of nitro benzene ring substituents is 1. The van der Waals surface area contributed by atoms with Gasteiger partial charge in [0.2, 0.25) is 10.0 Å². The van der Waals surface area contributed by atoms with Crippen LogP contribution in [0.15, 0.2) is 41.8 Å². The molecule has 0 N–H and O–H groups in total. The summed E-state index contributed by atoms with van der Waals surface area (Å²) in [5, 5.41) is 10.7. The lowest BCUT2D eigenvalue weighted by Crippen LogP contribution is -2.48. The maximum absolute atomic E-state index is 12.9. The number of sulfonamides is 1. The number of nitrogens with zero attached hydrogens (tertiary/aromatic N) is 2. The number of carbonyl (C=O) groups is 1. The van der Waals surface area contributed by atoms with Crippen LogP contribution in [0.5, 0.6) is 0 Å². The fourth-order valence-electron chi connectivity index (χ4n) is 2.21. The fraction of sp³-hybridized carbons (Fsp3) is 0.400. The van der Waals surface area contributed by atoms with Gasteiger partial charge in [-0.25, -0.2) is 8.42 Å². The topological polar surface area (TPSA) is 107 Å². The van der Waals surface area contributed by atoms with Crippen LogP contribution in [0.1, 0.15) is 13.8 Å². The van der Waals surface area contributed by atoms with Gasteiger partial charge < -0.3 is 4.74 Å². The first-order chi connectivity index (χ1) is 11.2. The molecule has 0 radical (unpaired) electrons. The fourth-order valence-corrected chi connectivity index (χ4v) is 3.89. The van der Waals surface area contributed by atoms with Crippen LogP contribution in [-0.4, -0.2) is 43.3 Å². The van der Waals surface area contributed by atoms with Crippen LogP contribution in [0, 0.1) is 16.0 Å². The van der Waals surface area contributed by atoms with Crippen molar-refractivity contribution in [2.75, 3.05) is 13.7 Å². The average molecular weight is 356 g/mol. The Bertz CT molecular complexity index is 712. The molecule has 1 rings (SSSR count). The lowest BCUT2D eigenvalue weighted by atomic mass is 10.0. The van der Waals surface area contributed by atoms with E-state index in [1.807, 2.05) is 0 Å². The van der Waals surface area contributed by atoms with Gasteiger partial charge in [0.25, 0.3) is 5.69 Å². The standard InChI is InChI=1S/C15H20N2O6S/c1-5-10-16(14(11(2)3)15(18)23-4)24(21,22)13-8-6-12(7-9-13)17(19)20/h5-9,11,14H,1,10H2,2-4H3. The van der Waals surface area contributed by atoms with Crippen molar-refractivity contribution in [3.8, 4) is 0 Å². The van der Waals surface area contributed by atoms with Crippen LogP contribution in [0.3, 0.4) is 0 Å². The summed E-state index contributed by atoms with van der Waals surface area (Å²) in [5.74, 6) is -1.03. The molecule has 8 nitrogen and oxygen atoms in total. The smallest absolute Gasteiger partial charge is 0.324 e. The molecule has 9 heteroatoms. The van der Waals surface area contributed by atoms with Crippen LogP contribution < -0.4 is 0 Å². The normalized spacial score (nSPS) is 12.9. The van der Waals surface area contributed by atoms with E-state index < -0.39 is 27.0 Å². The van der Waals surface area contributed by atoms with Gasteiger partial charge in [-0.05, 0) is 18.1 Å². The van der Waals surface area contributed by atoms with Gasteiger partial charge in [0.05, 0.1) is 16.9 Å². The number of benzene rings is 1. The lowest BCUT2D eigenvalue weighted by Gasteiger charge is -2.30. The highest BCUT2D eigenvalue weighted by atomic mass is 32.2. The average Bonchev–Trinajstić information content (AvgIpc) is 2.53. The third kappa shape index (κ3) is 4.18. The summed E-state index contributed by atoms with van der Waals surface area (Å²) in [5.41, 5.74) is -0.224. The van der Waals surface area contributed by atoms with Crippen molar-refractivity contribution in [1.29, 1.82) is 0 Å². The first kappa shape index (κ1) is 19.8. The molecule has 1 aromatic carbocycles. The van der Waals surface area contributed by atoms with Crippen LogP contribution in [0.25, 0.3) is 0 Å². The third-order valence-corrected chi connectivity index (χ3v) is 5.21. The van der Waals surface area contributed by atoms with Crippen molar-refractivity contribution in [1.82, 2.24) is 4.31 Å². The number of rotatable bonds is 8. The Kier molecular flexibility index (Phi) is 6.61. The Hall–Kier alpha value is -2.26. The second-order valence-electron chi connectivity index (χ2n) is 5.33. The maximum Gasteiger partial charge on any atom is 0.324 e. The second kappa shape index (κ2) is 8.02. The number of carbonyl (C=O) groups excluding carboxylic acids is 1. The van der Waals surface area contributed by atoms with Gasteiger partial charge in [0.15, 0.2) is 0 Å². The molecule has 1 aromatic rings. The molecule has 1 atom stereocenters. The molecule has 0 aliphatic rings. The first-order valence-electron chi connectivity index (χ1n) is 7.11. The quantitative estimate of drug-likeness (QED) is 0.305. The monoisotopic (exact) mass is 356 g/mol.